The first-order valence-electron chi connectivity index (χ1n) is 6.09. The van der Waals surface area contributed by atoms with Crippen LogP contribution in [0.1, 0.15) is 11.6 Å². The molecule has 0 aromatic heterocycles. The van der Waals surface area contributed by atoms with E-state index < -0.39 is 0 Å². The molecule has 0 aliphatic carbocycles. The highest BCUT2D eigenvalue weighted by atomic mass is 79.9. The molecule has 2 aromatic rings. The van der Waals surface area contributed by atoms with Crippen LogP contribution in [-0.2, 0) is 0 Å². The quantitative estimate of drug-likeness (QED) is 0.885. The molecule has 2 aromatic carbocycles. The lowest BCUT2D eigenvalue weighted by Crippen LogP contribution is -2.21. The molecule has 3 N–H and O–H groups in total. The Kier molecular flexibility index (Phi) is 4.82. The molecule has 0 spiro atoms. The fourth-order valence-electron chi connectivity index (χ4n) is 2.00. The fourth-order valence-corrected chi connectivity index (χ4v) is 2.40. The maximum atomic E-state index is 5.88. The summed E-state index contributed by atoms with van der Waals surface area (Å²) in [6.45, 7) is 0.493. The van der Waals surface area contributed by atoms with Crippen molar-refractivity contribution in [1.82, 2.24) is 0 Å². The summed E-state index contributed by atoms with van der Waals surface area (Å²) in [5.41, 5.74) is 7.97. The number of halogens is 1. The summed E-state index contributed by atoms with van der Waals surface area (Å²) in [6.07, 6.45) is 0. The van der Waals surface area contributed by atoms with Crippen molar-refractivity contribution in [3.8, 4) is 5.75 Å². The van der Waals surface area contributed by atoms with Crippen LogP contribution < -0.4 is 15.8 Å². The smallest absolute Gasteiger partial charge is 0.124 e. The van der Waals surface area contributed by atoms with E-state index in [1.165, 1.54) is 0 Å². The Bertz CT molecular complexity index is 545. The van der Waals surface area contributed by atoms with Crippen molar-refractivity contribution in [3.63, 3.8) is 0 Å². The predicted octanol–water partition coefficient (Wildman–Crippen LogP) is 3.57. The highest BCUT2D eigenvalue weighted by Crippen LogP contribution is 2.27. The van der Waals surface area contributed by atoms with Crippen LogP contribution in [0.15, 0.2) is 53.0 Å². The first-order valence-corrected chi connectivity index (χ1v) is 6.89. The summed E-state index contributed by atoms with van der Waals surface area (Å²) in [5.74, 6) is 0.848. The Morgan fingerprint density at radius 1 is 1.21 bits per heavy atom. The average molecular weight is 321 g/mol. The van der Waals surface area contributed by atoms with Gasteiger partial charge in [0.15, 0.2) is 0 Å². The summed E-state index contributed by atoms with van der Waals surface area (Å²) >= 11 is 3.46. The van der Waals surface area contributed by atoms with Crippen LogP contribution in [0.2, 0.25) is 0 Å². The first kappa shape index (κ1) is 13.9. The zero-order valence-corrected chi connectivity index (χ0v) is 12.4. The molecule has 3 nitrogen and oxygen atoms in total. The van der Waals surface area contributed by atoms with Gasteiger partial charge in [-0.2, -0.15) is 0 Å². The molecular weight excluding hydrogens is 304 g/mol. The number of ether oxygens (including phenoxy) is 1. The molecule has 0 aliphatic heterocycles. The monoisotopic (exact) mass is 320 g/mol. The van der Waals surface area contributed by atoms with Crippen LogP contribution in [0.4, 0.5) is 5.69 Å². The summed E-state index contributed by atoms with van der Waals surface area (Å²) in [4.78, 5) is 0. The van der Waals surface area contributed by atoms with Gasteiger partial charge in [0, 0.05) is 22.3 Å². The van der Waals surface area contributed by atoms with Crippen LogP contribution in [-0.4, -0.2) is 13.7 Å². The minimum absolute atomic E-state index is 0.0189. The van der Waals surface area contributed by atoms with E-state index in [4.69, 9.17) is 10.5 Å². The molecule has 0 saturated heterocycles. The van der Waals surface area contributed by atoms with E-state index in [-0.39, 0.29) is 6.04 Å². The van der Waals surface area contributed by atoms with Gasteiger partial charge < -0.3 is 15.8 Å². The Balaban J connectivity index is 2.25. The van der Waals surface area contributed by atoms with E-state index in [1.54, 1.807) is 7.11 Å². The molecule has 0 heterocycles. The third kappa shape index (κ3) is 3.49. The molecule has 4 heteroatoms. The van der Waals surface area contributed by atoms with Gasteiger partial charge in [0.25, 0.3) is 0 Å². The zero-order chi connectivity index (χ0) is 13.7. The van der Waals surface area contributed by atoms with Crippen LogP contribution in [0.3, 0.4) is 0 Å². The number of rotatable bonds is 5. The standard InChI is InChI=1S/C15H17BrN2O/c1-19-15-8-3-2-7-13(15)14(10-17)18-12-6-4-5-11(16)9-12/h2-9,14,18H,10,17H2,1H3. The van der Waals surface area contributed by atoms with Gasteiger partial charge in [-0.25, -0.2) is 0 Å². The summed E-state index contributed by atoms with van der Waals surface area (Å²) in [6, 6.07) is 16.0. The molecule has 19 heavy (non-hydrogen) atoms. The molecule has 0 radical (unpaired) electrons. The second-order valence-corrected chi connectivity index (χ2v) is 5.10. The maximum Gasteiger partial charge on any atom is 0.124 e. The first-order chi connectivity index (χ1) is 9.24. The number of hydrogen-bond acceptors (Lipinski definition) is 3. The van der Waals surface area contributed by atoms with Gasteiger partial charge in [-0.1, -0.05) is 40.2 Å². The number of anilines is 1. The number of hydrogen-bond donors (Lipinski definition) is 2. The van der Waals surface area contributed by atoms with Crippen molar-refractivity contribution >= 4 is 21.6 Å². The third-order valence-electron chi connectivity index (χ3n) is 2.92. The molecule has 2 rings (SSSR count). The van der Waals surface area contributed by atoms with E-state index in [2.05, 4.69) is 21.2 Å². The molecule has 0 amide bonds. The lowest BCUT2D eigenvalue weighted by Gasteiger charge is -2.21. The van der Waals surface area contributed by atoms with Crippen LogP contribution in [0.25, 0.3) is 0 Å². The molecular formula is C15H17BrN2O. The molecule has 0 aliphatic rings. The maximum absolute atomic E-state index is 5.88. The Morgan fingerprint density at radius 2 is 2.00 bits per heavy atom. The Morgan fingerprint density at radius 3 is 2.68 bits per heavy atom. The van der Waals surface area contributed by atoms with Crippen molar-refractivity contribution in [1.29, 1.82) is 0 Å². The minimum Gasteiger partial charge on any atom is -0.496 e. The molecule has 100 valence electrons. The number of methoxy groups -OCH3 is 1. The summed E-state index contributed by atoms with van der Waals surface area (Å²) in [5, 5.41) is 3.43. The van der Waals surface area contributed by atoms with Gasteiger partial charge in [0.1, 0.15) is 5.75 Å². The second-order valence-electron chi connectivity index (χ2n) is 4.18. The highest BCUT2D eigenvalue weighted by molar-refractivity contribution is 9.10. The van der Waals surface area contributed by atoms with Gasteiger partial charge in [0.05, 0.1) is 13.2 Å². The zero-order valence-electron chi connectivity index (χ0n) is 10.8. The van der Waals surface area contributed by atoms with E-state index in [1.807, 2.05) is 48.5 Å². The number of benzene rings is 2. The van der Waals surface area contributed by atoms with Crippen molar-refractivity contribution in [2.24, 2.45) is 5.73 Å². The minimum atomic E-state index is 0.0189. The summed E-state index contributed by atoms with van der Waals surface area (Å²) in [7, 11) is 1.67. The largest absolute Gasteiger partial charge is 0.496 e. The third-order valence-corrected chi connectivity index (χ3v) is 3.41. The molecule has 0 saturated carbocycles. The second kappa shape index (κ2) is 6.59. The van der Waals surface area contributed by atoms with Crippen LogP contribution in [0.5, 0.6) is 5.75 Å². The molecule has 0 fully saturated rings. The van der Waals surface area contributed by atoms with E-state index >= 15 is 0 Å². The molecule has 1 unspecified atom stereocenters. The van der Waals surface area contributed by atoms with Crippen molar-refractivity contribution < 1.29 is 4.74 Å². The van der Waals surface area contributed by atoms with E-state index in [0.717, 1.165) is 21.5 Å². The number of para-hydroxylation sites is 1. The summed E-state index contributed by atoms with van der Waals surface area (Å²) < 4.78 is 6.42. The van der Waals surface area contributed by atoms with Crippen molar-refractivity contribution in [2.45, 2.75) is 6.04 Å². The SMILES string of the molecule is COc1ccccc1C(CN)Nc1cccc(Br)c1. The lowest BCUT2D eigenvalue weighted by molar-refractivity contribution is 0.407. The lowest BCUT2D eigenvalue weighted by atomic mass is 10.1. The van der Waals surface area contributed by atoms with Gasteiger partial charge in [0.2, 0.25) is 0 Å². The Hall–Kier alpha value is -1.52. The number of nitrogens with two attached hydrogens (primary N) is 1. The Labute approximate surface area is 121 Å². The van der Waals surface area contributed by atoms with Gasteiger partial charge >= 0.3 is 0 Å². The van der Waals surface area contributed by atoms with Crippen molar-refractivity contribution in [2.75, 3.05) is 19.0 Å². The van der Waals surface area contributed by atoms with Gasteiger partial charge in [-0.05, 0) is 24.3 Å². The van der Waals surface area contributed by atoms with Crippen LogP contribution in [0, 0.1) is 0 Å². The molecule has 0 bridgehead atoms. The normalized spacial score (nSPS) is 11.9. The predicted molar refractivity (Wildman–Crippen MR) is 82.6 cm³/mol. The van der Waals surface area contributed by atoms with E-state index in [0.29, 0.717) is 6.54 Å². The topological polar surface area (TPSA) is 47.3 Å². The van der Waals surface area contributed by atoms with Crippen LogP contribution >= 0.6 is 15.9 Å². The highest BCUT2D eigenvalue weighted by Gasteiger charge is 2.14. The average Bonchev–Trinajstić information content (AvgIpc) is 2.45. The van der Waals surface area contributed by atoms with Gasteiger partial charge in [-0.15, -0.1) is 0 Å². The van der Waals surface area contributed by atoms with Gasteiger partial charge in [-0.3, -0.25) is 0 Å². The number of nitrogens with one attached hydrogen (secondary N) is 1. The van der Waals surface area contributed by atoms with E-state index in [9.17, 15) is 0 Å². The van der Waals surface area contributed by atoms with Crippen molar-refractivity contribution in [3.05, 3.63) is 58.6 Å². The molecule has 1 atom stereocenters. The fraction of sp³-hybridized carbons (Fsp3) is 0.200.